The molecule has 1 aromatic carbocycles. The van der Waals surface area contributed by atoms with Crippen molar-refractivity contribution in [1.29, 1.82) is 0 Å². The Morgan fingerprint density at radius 1 is 1.28 bits per heavy atom. The Morgan fingerprint density at radius 2 is 2.06 bits per heavy atom. The summed E-state index contributed by atoms with van der Waals surface area (Å²) in [6.45, 7) is 4.63. The number of benzene rings is 1. The fourth-order valence-corrected chi connectivity index (χ4v) is 2.82. The number of hydrogen-bond donors (Lipinski definition) is 1. The minimum Gasteiger partial charge on any atom is -0.380 e. The van der Waals surface area contributed by atoms with Crippen LogP contribution in [0.2, 0.25) is 5.02 Å². The zero-order chi connectivity index (χ0) is 13.2. The molecule has 1 N–H and O–H groups in total. The fraction of sp³-hybridized carbons (Fsp3) is 0.600. The highest BCUT2D eigenvalue weighted by Crippen LogP contribution is 2.35. The molecule has 0 heterocycles. The van der Waals surface area contributed by atoms with Crippen LogP contribution in [0.1, 0.15) is 46.0 Å². The van der Waals surface area contributed by atoms with Crippen LogP contribution < -0.4 is 5.32 Å². The van der Waals surface area contributed by atoms with Gasteiger partial charge in [0.25, 0.3) is 0 Å². The van der Waals surface area contributed by atoms with E-state index in [9.17, 15) is 4.39 Å². The molecule has 3 heteroatoms. The summed E-state index contributed by atoms with van der Waals surface area (Å²) in [7, 11) is 0. The molecule has 1 unspecified atom stereocenters. The van der Waals surface area contributed by atoms with Crippen LogP contribution in [-0.4, -0.2) is 6.04 Å². The first-order valence-electron chi connectivity index (χ1n) is 6.68. The van der Waals surface area contributed by atoms with Gasteiger partial charge in [0.1, 0.15) is 0 Å². The molecular formula is C15H21ClFN. The third-order valence-corrected chi connectivity index (χ3v) is 4.18. The molecule has 0 aliphatic heterocycles. The average molecular weight is 270 g/mol. The lowest BCUT2D eigenvalue weighted by molar-refractivity contribution is 0.313. The van der Waals surface area contributed by atoms with Crippen molar-refractivity contribution in [3.63, 3.8) is 0 Å². The van der Waals surface area contributed by atoms with Gasteiger partial charge in [-0.15, -0.1) is 0 Å². The van der Waals surface area contributed by atoms with Crippen LogP contribution in [-0.2, 0) is 0 Å². The third kappa shape index (κ3) is 3.38. The van der Waals surface area contributed by atoms with E-state index in [0.717, 1.165) is 12.8 Å². The van der Waals surface area contributed by atoms with Crippen LogP contribution in [0, 0.1) is 11.2 Å². The summed E-state index contributed by atoms with van der Waals surface area (Å²) < 4.78 is 13.8. The smallest absolute Gasteiger partial charge is 0.164 e. The van der Waals surface area contributed by atoms with Crippen molar-refractivity contribution in [2.75, 3.05) is 5.32 Å². The van der Waals surface area contributed by atoms with Crippen molar-refractivity contribution in [1.82, 2.24) is 0 Å². The highest BCUT2D eigenvalue weighted by molar-refractivity contribution is 6.31. The molecule has 1 aliphatic rings. The summed E-state index contributed by atoms with van der Waals surface area (Å²) in [6.07, 6.45) is 5.84. The molecule has 0 aromatic heterocycles. The Hall–Kier alpha value is -0.760. The van der Waals surface area contributed by atoms with Gasteiger partial charge in [-0.1, -0.05) is 37.9 Å². The standard InChI is InChI=1S/C15H21ClFN/c1-15(2)9-4-5-11(8-10-15)18-13-7-3-6-12(16)14(13)17/h3,6-7,11,18H,4-5,8-10H2,1-2H3. The lowest BCUT2D eigenvalue weighted by Crippen LogP contribution is -2.20. The lowest BCUT2D eigenvalue weighted by atomic mass is 9.85. The molecule has 0 saturated heterocycles. The summed E-state index contributed by atoms with van der Waals surface area (Å²) >= 11 is 5.79. The molecule has 1 saturated carbocycles. The van der Waals surface area contributed by atoms with Gasteiger partial charge in [-0.05, 0) is 43.2 Å². The Labute approximate surface area is 114 Å². The number of halogens is 2. The molecule has 1 aromatic rings. The van der Waals surface area contributed by atoms with Gasteiger partial charge in [-0.2, -0.15) is 0 Å². The van der Waals surface area contributed by atoms with E-state index < -0.39 is 0 Å². The second-order valence-electron chi connectivity index (χ2n) is 6.04. The maximum absolute atomic E-state index is 13.8. The topological polar surface area (TPSA) is 12.0 Å². The van der Waals surface area contributed by atoms with Gasteiger partial charge in [0.2, 0.25) is 0 Å². The molecule has 0 amide bonds. The lowest BCUT2D eigenvalue weighted by Gasteiger charge is -2.22. The fourth-order valence-electron chi connectivity index (χ4n) is 2.64. The minimum atomic E-state index is -0.331. The Morgan fingerprint density at radius 3 is 2.83 bits per heavy atom. The van der Waals surface area contributed by atoms with Gasteiger partial charge in [0, 0.05) is 6.04 Å². The van der Waals surface area contributed by atoms with Gasteiger partial charge >= 0.3 is 0 Å². The molecule has 18 heavy (non-hydrogen) atoms. The van der Waals surface area contributed by atoms with Crippen LogP contribution in [0.5, 0.6) is 0 Å². The summed E-state index contributed by atoms with van der Waals surface area (Å²) in [5.74, 6) is -0.331. The second-order valence-corrected chi connectivity index (χ2v) is 6.44. The van der Waals surface area contributed by atoms with Crippen LogP contribution >= 0.6 is 11.6 Å². The van der Waals surface area contributed by atoms with Crippen LogP contribution in [0.25, 0.3) is 0 Å². The molecular weight excluding hydrogens is 249 g/mol. The van der Waals surface area contributed by atoms with Crippen molar-refractivity contribution in [2.45, 2.75) is 52.0 Å². The quantitative estimate of drug-likeness (QED) is 0.723. The summed E-state index contributed by atoms with van der Waals surface area (Å²) in [6, 6.07) is 5.49. The highest BCUT2D eigenvalue weighted by atomic mass is 35.5. The van der Waals surface area contributed by atoms with Crippen molar-refractivity contribution in [3.05, 3.63) is 29.0 Å². The largest absolute Gasteiger partial charge is 0.380 e. The molecule has 0 spiro atoms. The Bertz CT molecular complexity index is 417. The maximum Gasteiger partial charge on any atom is 0.164 e. The van der Waals surface area contributed by atoms with Crippen molar-refractivity contribution < 1.29 is 4.39 Å². The number of nitrogens with one attached hydrogen (secondary N) is 1. The van der Waals surface area contributed by atoms with Crippen LogP contribution in [0.4, 0.5) is 10.1 Å². The third-order valence-electron chi connectivity index (χ3n) is 3.89. The van der Waals surface area contributed by atoms with Crippen molar-refractivity contribution >= 4 is 17.3 Å². The Kier molecular flexibility index (Phi) is 4.16. The molecule has 100 valence electrons. The van der Waals surface area contributed by atoms with E-state index in [1.165, 1.54) is 19.3 Å². The SMILES string of the molecule is CC1(C)CCCC(Nc2cccc(Cl)c2F)CC1. The first kappa shape index (κ1) is 13.7. The molecule has 1 atom stereocenters. The predicted molar refractivity (Wildman–Crippen MR) is 75.7 cm³/mol. The summed E-state index contributed by atoms with van der Waals surface area (Å²) in [5.41, 5.74) is 0.954. The molecule has 0 bridgehead atoms. The van der Waals surface area contributed by atoms with E-state index in [0.29, 0.717) is 17.1 Å². The molecule has 1 fully saturated rings. The van der Waals surface area contributed by atoms with E-state index in [1.54, 1.807) is 18.2 Å². The van der Waals surface area contributed by atoms with E-state index in [4.69, 9.17) is 11.6 Å². The van der Waals surface area contributed by atoms with Gasteiger partial charge in [-0.25, -0.2) is 4.39 Å². The molecule has 0 radical (unpaired) electrons. The van der Waals surface area contributed by atoms with Gasteiger partial charge in [0.05, 0.1) is 10.7 Å². The van der Waals surface area contributed by atoms with E-state index >= 15 is 0 Å². The maximum atomic E-state index is 13.8. The molecule has 1 aliphatic carbocycles. The monoisotopic (exact) mass is 269 g/mol. The highest BCUT2D eigenvalue weighted by Gasteiger charge is 2.24. The number of anilines is 1. The zero-order valence-electron chi connectivity index (χ0n) is 11.1. The summed E-state index contributed by atoms with van der Waals surface area (Å²) in [5, 5.41) is 3.50. The number of rotatable bonds is 2. The first-order chi connectivity index (χ1) is 8.48. The van der Waals surface area contributed by atoms with E-state index in [-0.39, 0.29) is 10.8 Å². The van der Waals surface area contributed by atoms with Gasteiger partial charge < -0.3 is 5.32 Å². The number of hydrogen-bond acceptors (Lipinski definition) is 1. The molecule has 1 nitrogen and oxygen atoms in total. The second kappa shape index (κ2) is 5.48. The van der Waals surface area contributed by atoms with Crippen molar-refractivity contribution in [2.24, 2.45) is 5.41 Å². The van der Waals surface area contributed by atoms with E-state index in [2.05, 4.69) is 19.2 Å². The predicted octanol–water partition coefficient (Wildman–Crippen LogP) is 5.25. The van der Waals surface area contributed by atoms with Gasteiger partial charge in [-0.3, -0.25) is 0 Å². The van der Waals surface area contributed by atoms with Gasteiger partial charge in [0.15, 0.2) is 5.82 Å². The minimum absolute atomic E-state index is 0.189. The summed E-state index contributed by atoms with van der Waals surface area (Å²) in [4.78, 5) is 0. The average Bonchev–Trinajstić information content (AvgIpc) is 2.47. The first-order valence-corrected chi connectivity index (χ1v) is 7.06. The Balaban J connectivity index is 2.03. The van der Waals surface area contributed by atoms with Crippen molar-refractivity contribution in [3.8, 4) is 0 Å². The molecule has 2 rings (SSSR count). The van der Waals surface area contributed by atoms with E-state index in [1.807, 2.05) is 0 Å². The van der Waals surface area contributed by atoms with Crippen LogP contribution in [0.15, 0.2) is 18.2 Å². The zero-order valence-corrected chi connectivity index (χ0v) is 11.9. The van der Waals surface area contributed by atoms with Crippen LogP contribution in [0.3, 0.4) is 0 Å². The normalized spacial score (nSPS) is 23.4.